The van der Waals surface area contributed by atoms with Gasteiger partial charge in [0.2, 0.25) is 0 Å². The molecule has 0 saturated carbocycles. The molecule has 3 heterocycles. The Balaban J connectivity index is 1.67. The van der Waals surface area contributed by atoms with Gasteiger partial charge in [0.1, 0.15) is 0 Å². The Labute approximate surface area is 115 Å². The standard InChI is InChI=1S/C14H25N5/c1-17-11-16-9-14(17)13(8-15)19-7-4-12(10-19)18-5-2-3-6-18/h9,11-13H,2-8,10,15H2,1H3. The molecule has 2 fully saturated rings. The van der Waals surface area contributed by atoms with Crippen molar-refractivity contribution in [1.82, 2.24) is 19.4 Å². The van der Waals surface area contributed by atoms with Crippen molar-refractivity contribution >= 4 is 0 Å². The molecule has 0 radical (unpaired) electrons. The number of hydrogen-bond acceptors (Lipinski definition) is 4. The van der Waals surface area contributed by atoms with Gasteiger partial charge in [-0.2, -0.15) is 0 Å². The molecule has 5 heteroatoms. The fourth-order valence-electron chi connectivity index (χ4n) is 3.60. The molecule has 2 unspecified atom stereocenters. The van der Waals surface area contributed by atoms with Crippen molar-refractivity contribution in [3.63, 3.8) is 0 Å². The Morgan fingerprint density at radius 1 is 1.37 bits per heavy atom. The molecule has 2 saturated heterocycles. The first kappa shape index (κ1) is 13.1. The van der Waals surface area contributed by atoms with Crippen LogP contribution in [0.4, 0.5) is 0 Å². The van der Waals surface area contributed by atoms with Gasteiger partial charge in [-0.3, -0.25) is 9.80 Å². The van der Waals surface area contributed by atoms with Crippen LogP contribution in [0.2, 0.25) is 0 Å². The van der Waals surface area contributed by atoms with Crippen LogP contribution in [0.3, 0.4) is 0 Å². The predicted octanol–water partition coefficient (Wildman–Crippen LogP) is 0.590. The SMILES string of the molecule is Cn1cncc1C(CN)N1CCC(N2CCCC2)C1. The Kier molecular flexibility index (Phi) is 3.86. The van der Waals surface area contributed by atoms with E-state index in [1.165, 1.54) is 38.0 Å². The third-order valence-corrected chi connectivity index (χ3v) is 4.71. The third-order valence-electron chi connectivity index (χ3n) is 4.71. The van der Waals surface area contributed by atoms with E-state index in [4.69, 9.17) is 5.73 Å². The smallest absolute Gasteiger partial charge is 0.0946 e. The molecule has 3 rings (SSSR count). The van der Waals surface area contributed by atoms with Crippen LogP contribution < -0.4 is 5.73 Å². The lowest BCUT2D eigenvalue weighted by Crippen LogP contribution is -2.38. The number of imidazole rings is 1. The highest BCUT2D eigenvalue weighted by molar-refractivity contribution is 5.07. The van der Waals surface area contributed by atoms with E-state index >= 15 is 0 Å². The molecular formula is C14H25N5. The maximum atomic E-state index is 6.02. The van der Waals surface area contributed by atoms with E-state index in [-0.39, 0.29) is 0 Å². The number of hydrogen-bond donors (Lipinski definition) is 1. The molecule has 1 aromatic rings. The highest BCUT2D eigenvalue weighted by Crippen LogP contribution is 2.27. The van der Waals surface area contributed by atoms with E-state index in [1.807, 2.05) is 12.5 Å². The second-order valence-electron chi connectivity index (χ2n) is 5.86. The molecule has 0 amide bonds. The van der Waals surface area contributed by atoms with Gasteiger partial charge < -0.3 is 10.3 Å². The van der Waals surface area contributed by atoms with Gasteiger partial charge in [0.25, 0.3) is 0 Å². The fraction of sp³-hybridized carbons (Fsp3) is 0.786. The van der Waals surface area contributed by atoms with Gasteiger partial charge in [0, 0.05) is 38.9 Å². The van der Waals surface area contributed by atoms with Crippen LogP contribution in [0.1, 0.15) is 31.0 Å². The summed E-state index contributed by atoms with van der Waals surface area (Å²) in [5.74, 6) is 0. The number of aryl methyl sites for hydroxylation is 1. The Morgan fingerprint density at radius 3 is 2.79 bits per heavy atom. The lowest BCUT2D eigenvalue weighted by molar-refractivity contribution is 0.199. The van der Waals surface area contributed by atoms with Crippen molar-refractivity contribution in [1.29, 1.82) is 0 Å². The second-order valence-corrected chi connectivity index (χ2v) is 5.86. The molecule has 2 aliphatic rings. The van der Waals surface area contributed by atoms with Crippen molar-refractivity contribution in [2.75, 3.05) is 32.7 Å². The highest BCUT2D eigenvalue weighted by atomic mass is 15.3. The zero-order valence-corrected chi connectivity index (χ0v) is 11.8. The fourth-order valence-corrected chi connectivity index (χ4v) is 3.60. The summed E-state index contributed by atoms with van der Waals surface area (Å²) in [7, 11) is 2.05. The molecule has 2 atom stereocenters. The van der Waals surface area contributed by atoms with Gasteiger partial charge in [-0.25, -0.2) is 4.98 Å². The average molecular weight is 263 g/mol. The normalized spacial score (nSPS) is 27.2. The summed E-state index contributed by atoms with van der Waals surface area (Å²) in [5.41, 5.74) is 7.26. The molecule has 1 aromatic heterocycles. The highest BCUT2D eigenvalue weighted by Gasteiger charge is 2.33. The van der Waals surface area contributed by atoms with Crippen LogP contribution in [-0.2, 0) is 7.05 Å². The Bertz CT molecular complexity index is 410. The monoisotopic (exact) mass is 263 g/mol. The minimum atomic E-state index is 0.320. The topological polar surface area (TPSA) is 50.3 Å². The van der Waals surface area contributed by atoms with Crippen LogP contribution in [0, 0.1) is 0 Å². The van der Waals surface area contributed by atoms with E-state index in [1.54, 1.807) is 0 Å². The van der Waals surface area contributed by atoms with Gasteiger partial charge in [-0.15, -0.1) is 0 Å². The van der Waals surface area contributed by atoms with E-state index in [0.29, 0.717) is 12.6 Å². The summed E-state index contributed by atoms with van der Waals surface area (Å²) in [5, 5.41) is 0. The van der Waals surface area contributed by atoms with Crippen LogP contribution in [0.15, 0.2) is 12.5 Å². The quantitative estimate of drug-likeness (QED) is 0.864. The minimum Gasteiger partial charge on any atom is -0.336 e. The summed E-state index contributed by atoms with van der Waals surface area (Å²) in [4.78, 5) is 9.43. The van der Waals surface area contributed by atoms with Crippen molar-refractivity contribution in [3.8, 4) is 0 Å². The van der Waals surface area contributed by atoms with Crippen LogP contribution in [0.5, 0.6) is 0 Å². The summed E-state index contributed by atoms with van der Waals surface area (Å²) < 4.78 is 2.10. The van der Waals surface area contributed by atoms with E-state index in [0.717, 1.165) is 19.1 Å². The average Bonchev–Trinajstić information content (AvgIpc) is 3.11. The van der Waals surface area contributed by atoms with Gasteiger partial charge in [-0.05, 0) is 32.4 Å². The van der Waals surface area contributed by atoms with E-state index in [9.17, 15) is 0 Å². The maximum Gasteiger partial charge on any atom is 0.0946 e. The lowest BCUT2D eigenvalue weighted by Gasteiger charge is -2.28. The summed E-state index contributed by atoms with van der Waals surface area (Å²) in [6.45, 7) is 5.57. The van der Waals surface area contributed by atoms with Crippen LogP contribution >= 0.6 is 0 Å². The van der Waals surface area contributed by atoms with Crippen molar-refractivity contribution in [2.45, 2.75) is 31.3 Å². The second kappa shape index (κ2) is 5.61. The molecule has 0 bridgehead atoms. The molecule has 2 aliphatic heterocycles. The predicted molar refractivity (Wildman–Crippen MR) is 75.8 cm³/mol. The van der Waals surface area contributed by atoms with Crippen molar-refractivity contribution in [2.24, 2.45) is 12.8 Å². The number of nitrogens with two attached hydrogens (primary N) is 1. The zero-order valence-electron chi connectivity index (χ0n) is 11.8. The van der Waals surface area contributed by atoms with Gasteiger partial charge >= 0.3 is 0 Å². The maximum absolute atomic E-state index is 6.02. The van der Waals surface area contributed by atoms with Crippen LogP contribution in [0.25, 0.3) is 0 Å². The molecule has 5 nitrogen and oxygen atoms in total. The number of nitrogens with zero attached hydrogens (tertiary/aromatic N) is 4. The first-order valence-electron chi connectivity index (χ1n) is 7.44. The van der Waals surface area contributed by atoms with Crippen molar-refractivity contribution in [3.05, 3.63) is 18.2 Å². The largest absolute Gasteiger partial charge is 0.336 e. The summed E-state index contributed by atoms with van der Waals surface area (Å²) >= 11 is 0. The summed E-state index contributed by atoms with van der Waals surface area (Å²) in [6.07, 6.45) is 7.86. The number of likely N-dealkylation sites (tertiary alicyclic amines) is 2. The molecule has 106 valence electrons. The molecule has 0 spiro atoms. The van der Waals surface area contributed by atoms with Crippen LogP contribution in [-0.4, -0.2) is 58.1 Å². The molecule has 19 heavy (non-hydrogen) atoms. The lowest BCUT2D eigenvalue weighted by atomic mass is 10.2. The summed E-state index contributed by atoms with van der Waals surface area (Å²) in [6, 6.07) is 1.06. The third kappa shape index (κ3) is 2.55. The molecule has 2 N–H and O–H groups in total. The Hall–Kier alpha value is -0.910. The first-order chi connectivity index (χ1) is 9.29. The first-order valence-corrected chi connectivity index (χ1v) is 7.44. The minimum absolute atomic E-state index is 0.320. The van der Waals surface area contributed by atoms with Gasteiger partial charge in [-0.1, -0.05) is 0 Å². The van der Waals surface area contributed by atoms with E-state index < -0.39 is 0 Å². The van der Waals surface area contributed by atoms with Crippen molar-refractivity contribution < 1.29 is 0 Å². The van der Waals surface area contributed by atoms with Gasteiger partial charge in [0.05, 0.1) is 18.1 Å². The Morgan fingerprint density at radius 2 is 2.16 bits per heavy atom. The molecule has 0 aliphatic carbocycles. The molecule has 0 aromatic carbocycles. The van der Waals surface area contributed by atoms with E-state index in [2.05, 4.69) is 26.4 Å². The number of aromatic nitrogens is 2. The van der Waals surface area contributed by atoms with Gasteiger partial charge in [0.15, 0.2) is 0 Å². The molecular weight excluding hydrogens is 238 g/mol. The zero-order chi connectivity index (χ0) is 13.2. The number of rotatable bonds is 4.